The minimum atomic E-state index is -0.229. The van der Waals surface area contributed by atoms with Crippen LogP contribution in [0.25, 0.3) is 55.0 Å². The van der Waals surface area contributed by atoms with Gasteiger partial charge in [-0.25, -0.2) is 4.98 Å². The summed E-state index contributed by atoms with van der Waals surface area (Å²) in [6.45, 7) is 2.05. The van der Waals surface area contributed by atoms with E-state index in [0.717, 1.165) is 67.9 Å². The van der Waals surface area contributed by atoms with Crippen molar-refractivity contribution in [1.29, 1.82) is 0 Å². The van der Waals surface area contributed by atoms with Gasteiger partial charge < -0.3 is 10.3 Å². The first-order valence-electron chi connectivity index (χ1n) is 11.9. The lowest BCUT2D eigenvalue weighted by atomic mass is 10.1. The molecule has 0 bridgehead atoms. The van der Waals surface area contributed by atoms with Gasteiger partial charge in [0.15, 0.2) is 5.13 Å². The van der Waals surface area contributed by atoms with Crippen molar-refractivity contribution in [1.82, 2.24) is 30.1 Å². The van der Waals surface area contributed by atoms with Gasteiger partial charge >= 0.3 is 0 Å². The molecule has 3 N–H and O–H groups in total. The van der Waals surface area contributed by atoms with Crippen LogP contribution in [0.4, 0.5) is 10.1 Å². The Morgan fingerprint density at radius 1 is 1.08 bits per heavy atom. The van der Waals surface area contributed by atoms with E-state index in [-0.39, 0.29) is 11.0 Å². The molecule has 0 aliphatic carbocycles. The summed E-state index contributed by atoms with van der Waals surface area (Å²) in [5, 5.41) is 12.0. The molecule has 37 heavy (non-hydrogen) atoms. The van der Waals surface area contributed by atoms with Crippen LogP contribution < -0.4 is 5.32 Å². The van der Waals surface area contributed by atoms with Gasteiger partial charge in [-0.3, -0.25) is 19.9 Å². The number of fused-ring (bicyclic) bond motifs is 2. The van der Waals surface area contributed by atoms with E-state index in [2.05, 4.69) is 42.4 Å². The SMILES string of the molecule is CCCCC(=O)Nc1cncc(-c2cc3c(-c4cc5c(-c6ccc(F)s6)ccnc5[nH]4)n[nH]c3cn2)c1. The largest absolute Gasteiger partial charge is 0.338 e. The van der Waals surface area contributed by atoms with E-state index < -0.39 is 0 Å². The van der Waals surface area contributed by atoms with Gasteiger partial charge in [-0.05, 0) is 42.8 Å². The van der Waals surface area contributed by atoms with E-state index in [4.69, 9.17) is 0 Å². The molecule has 0 fully saturated rings. The predicted octanol–water partition coefficient (Wildman–Crippen LogP) is 6.56. The Balaban J connectivity index is 1.37. The van der Waals surface area contributed by atoms with Crippen LogP contribution in [0.5, 0.6) is 0 Å². The van der Waals surface area contributed by atoms with Crippen molar-refractivity contribution < 1.29 is 9.18 Å². The molecule has 0 aliphatic heterocycles. The van der Waals surface area contributed by atoms with Gasteiger partial charge in [-0.2, -0.15) is 9.49 Å². The van der Waals surface area contributed by atoms with Crippen LogP contribution in [0.15, 0.2) is 61.2 Å². The lowest BCUT2D eigenvalue weighted by Crippen LogP contribution is -2.11. The Kier molecular flexibility index (Phi) is 5.93. The van der Waals surface area contributed by atoms with Crippen LogP contribution in [0.1, 0.15) is 26.2 Å². The zero-order chi connectivity index (χ0) is 25.4. The van der Waals surface area contributed by atoms with Crippen molar-refractivity contribution in [2.45, 2.75) is 26.2 Å². The molecule has 0 radical (unpaired) electrons. The lowest BCUT2D eigenvalue weighted by Gasteiger charge is -2.07. The highest BCUT2D eigenvalue weighted by molar-refractivity contribution is 7.14. The smallest absolute Gasteiger partial charge is 0.224 e. The Hall–Kier alpha value is -4.44. The van der Waals surface area contributed by atoms with Crippen LogP contribution in [0.2, 0.25) is 0 Å². The first kappa shape index (κ1) is 23.0. The minimum absolute atomic E-state index is 0.0293. The second kappa shape index (κ2) is 9.55. The van der Waals surface area contributed by atoms with Crippen molar-refractivity contribution in [3.05, 3.63) is 66.3 Å². The van der Waals surface area contributed by atoms with Crippen LogP contribution in [0.3, 0.4) is 0 Å². The molecule has 0 spiro atoms. The second-order valence-electron chi connectivity index (χ2n) is 8.71. The second-order valence-corrected chi connectivity index (χ2v) is 9.74. The first-order chi connectivity index (χ1) is 18.1. The monoisotopic (exact) mass is 511 g/mol. The van der Waals surface area contributed by atoms with Crippen molar-refractivity contribution in [3.8, 4) is 33.1 Å². The number of amides is 1. The number of anilines is 1. The number of nitrogens with zero attached hydrogens (tertiary/aromatic N) is 4. The van der Waals surface area contributed by atoms with E-state index in [0.29, 0.717) is 23.4 Å². The normalized spacial score (nSPS) is 11.4. The number of unbranched alkanes of at least 4 members (excludes halogenated alkanes) is 1. The lowest BCUT2D eigenvalue weighted by molar-refractivity contribution is -0.116. The number of aromatic nitrogens is 6. The standard InChI is InChI=1S/C27H22FN7OS/c1-2-3-4-25(36)32-16-9-15(12-29-13-16)20-11-19-22(14-31-20)34-35-26(19)21-10-18-17(7-8-30-27(18)33-21)23-5-6-24(28)37-23/h5-14H,2-4H2,1H3,(H,30,33)(H,32,36)(H,34,35). The molecule has 10 heteroatoms. The molecule has 6 aromatic heterocycles. The number of hydrogen-bond acceptors (Lipinski definition) is 6. The van der Waals surface area contributed by atoms with Crippen molar-refractivity contribution >= 4 is 44.9 Å². The average Bonchev–Trinajstić information content (AvgIpc) is 3.64. The van der Waals surface area contributed by atoms with Gasteiger partial charge in [-0.15, -0.1) is 11.3 Å². The fourth-order valence-electron chi connectivity index (χ4n) is 4.32. The highest BCUT2D eigenvalue weighted by atomic mass is 32.1. The van der Waals surface area contributed by atoms with Crippen molar-refractivity contribution in [2.75, 3.05) is 5.32 Å². The van der Waals surface area contributed by atoms with Crippen molar-refractivity contribution in [2.24, 2.45) is 0 Å². The van der Waals surface area contributed by atoms with Gasteiger partial charge in [0, 0.05) is 45.6 Å². The number of hydrogen-bond donors (Lipinski definition) is 3. The van der Waals surface area contributed by atoms with E-state index in [9.17, 15) is 9.18 Å². The number of H-pyrrole nitrogens is 2. The summed E-state index contributed by atoms with van der Waals surface area (Å²) in [7, 11) is 0. The zero-order valence-corrected chi connectivity index (χ0v) is 20.7. The molecule has 0 saturated carbocycles. The number of nitrogens with one attached hydrogen (secondary N) is 3. The first-order valence-corrected chi connectivity index (χ1v) is 12.7. The van der Waals surface area contributed by atoms with E-state index in [1.54, 1.807) is 30.9 Å². The molecular formula is C27H22FN7OS. The molecule has 0 aliphatic rings. The Labute approximate surface area is 215 Å². The molecular weight excluding hydrogens is 489 g/mol. The molecule has 0 aromatic carbocycles. The van der Waals surface area contributed by atoms with E-state index in [1.165, 1.54) is 6.07 Å². The van der Waals surface area contributed by atoms with Gasteiger partial charge in [0.25, 0.3) is 0 Å². The number of carbonyl (C=O) groups is 1. The maximum absolute atomic E-state index is 13.7. The van der Waals surface area contributed by atoms with Gasteiger partial charge in [0.05, 0.1) is 35.0 Å². The summed E-state index contributed by atoms with van der Waals surface area (Å²) in [5.41, 5.74) is 6.01. The number of thiophene rings is 1. The van der Waals surface area contributed by atoms with Gasteiger partial charge in [0.2, 0.25) is 5.91 Å². The highest BCUT2D eigenvalue weighted by Gasteiger charge is 2.16. The Bertz CT molecular complexity index is 1750. The van der Waals surface area contributed by atoms with Crippen LogP contribution >= 0.6 is 11.3 Å². The summed E-state index contributed by atoms with van der Waals surface area (Å²) < 4.78 is 13.7. The maximum atomic E-state index is 13.7. The fourth-order valence-corrected chi connectivity index (χ4v) is 5.09. The van der Waals surface area contributed by atoms with Crippen LogP contribution in [-0.4, -0.2) is 36.0 Å². The predicted molar refractivity (Wildman–Crippen MR) is 144 cm³/mol. The number of aromatic amines is 2. The molecule has 6 heterocycles. The van der Waals surface area contributed by atoms with Crippen LogP contribution in [-0.2, 0) is 4.79 Å². The highest BCUT2D eigenvalue weighted by Crippen LogP contribution is 2.36. The molecule has 6 aromatic rings. The molecule has 0 atom stereocenters. The summed E-state index contributed by atoms with van der Waals surface area (Å²) >= 11 is 1.10. The minimum Gasteiger partial charge on any atom is -0.338 e. The van der Waals surface area contributed by atoms with E-state index in [1.807, 2.05) is 24.3 Å². The quantitative estimate of drug-likeness (QED) is 0.225. The maximum Gasteiger partial charge on any atom is 0.224 e. The molecule has 0 unspecified atom stereocenters. The number of carbonyl (C=O) groups excluding carboxylic acids is 1. The van der Waals surface area contributed by atoms with Gasteiger partial charge in [-0.1, -0.05) is 13.3 Å². The molecule has 0 saturated heterocycles. The van der Waals surface area contributed by atoms with Crippen molar-refractivity contribution in [3.63, 3.8) is 0 Å². The summed E-state index contributed by atoms with van der Waals surface area (Å²) in [6.07, 6.45) is 9.07. The third-order valence-electron chi connectivity index (χ3n) is 6.15. The zero-order valence-electron chi connectivity index (χ0n) is 19.9. The summed E-state index contributed by atoms with van der Waals surface area (Å²) in [5.74, 6) is -0.0293. The molecule has 6 rings (SSSR count). The number of rotatable bonds is 7. The van der Waals surface area contributed by atoms with Gasteiger partial charge in [0.1, 0.15) is 11.3 Å². The average molecular weight is 512 g/mol. The molecule has 1 amide bonds. The topological polar surface area (TPSA) is 112 Å². The van der Waals surface area contributed by atoms with E-state index >= 15 is 0 Å². The summed E-state index contributed by atoms with van der Waals surface area (Å²) in [6, 6.07) is 10.9. The third-order valence-corrected chi connectivity index (χ3v) is 7.06. The number of pyridine rings is 3. The Morgan fingerprint density at radius 3 is 2.84 bits per heavy atom. The molecule has 184 valence electrons. The third kappa shape index (κ3) is 4.47. The molecule has 8 nitrogen and oxygen atoms in total. The fraction of sp³-hybridized carbons (Fsp3) is 0.148. The number of halogens is 1. The van der Waals surface area contributed by atoms with Crippen LogP contribution in [0, 0.1) is 5.13 Å². The summed E-state index contributed by atoms with van der Waals surface area (Å²) in [4.78, 5) is 29.7. The Morgan fingerprint density at radius 2 is 2.00 bits per heavy atom.